The molecule has 0 aromatic heterocycles. The maximum absolute atomic E-state index is 13.2. The van der Waals surface area contributed by atoms with E-state index in [1.807, 2.05) is 0 Å². The molecule has 2 aromatic carbocycles. The van der Waals surface area contributed by atoms with E-state index in [1.54, 1.807) is 0 Å². The van der Waals surface area contributed by atoms with Crippen molar-refractivity contribution in [2.24, 2.45) is 0 Å². The highest BCUT2D eigenvalue weighted by Gasteiger charge is 2.30. The molecule has 0 atom stereocenters. The quantitative estimate of drug-likeness (QED) is 0.517. The minimum absolute atomic E-state index is 0.105. The summed E-state index contributed by atoms with van der Waals surface area (Å²) in [4.78, 5) is 21.5. The van der Waals surface area contributed by atoms with Gasteiger partial charge in [0.1, 0.15) is 6.54 Å². The van der Waals surface area contributed by atoms with Crippen molar-refractivity contribution in [3.05, 3.63) is 52.1 Å². The smallest absolute Gasteiger partial charge is 0.324 e. The van der Waals surface area contributed by atoms with Crippen LogP contribution in [0.1, 0.15) is 5.56 Å². The monoisotopic (exact) mass is 410 g/mol. The van der Waals surface area contributed by atoms with Crippen LogP contribution in [0.2, 0.25) is 0 Å². The van der Waals surface area contributed by atoms with Crippen LogP contribution in [-0.4, -0.2) is 45.2 Å². The molecule has 150 valence electrons. The van der Waals surface area contributed by atoms with Gasteiger partial charge in [-0.15, -0.1) is 0 Å². The van der Waals surface area contributed by atoms with E-state index in [4.69, 9.17) is 9.47 Å². The lowest BCUT2D eigenvalue weighted by Crippen LogP contribution is -2.36. The third-order valence-electron chi connectivity index (χ3n) is 3.89. The molecule has 0 bridgehead atoms. The molecule has 28 heavy (non-hydrogen) atoms. The molecule has 0 aliphatic heterocycles. The van der Waals surface area contributed by atoms with Crippen LogP contribution >= 0.6 is 0 Å². The average Bonchev–Trinajstić information content (AvgIpc) is 2.65. The Kier molecular flexibility index (Phi) is 6.09. The summed E-state index contributed by atoms with van der Waals surface area (Å²) in [5, 5.41) is 20.3. The summed E-state index contributed by atoms with van der Waals surface area (Å²) < 4.78 is 37.1. The molecule has 0 heterocycles. The number of sulfonamides is 1. The zero-order chi connectivity index (χ0) is 21.1. The number of hydrogen-bond acceptors (Lipinski definition) is 7. The second-order valence-corrected chi connectivity index (χ2v) is 7.51. The van der Waals surface area contributed by atoms with Crippen LogP contribution in [0.4, 0.5) is 11.4 Å². The number of aryl methyl sites for hydroxylation is 1. The molecule has 2 rings (SSSR count). The Balaban J connectivity index is 2.67. The molecule has 0 amide bonds. The molecule has 1 N–H and O–H groups in total. The van der Waals surface area contributed by atoms with Gasteiger partial charge in [-0.05, 0) is 24.6 Å². The number of nitro groups is 1. The van der Waals surface area contributed by atoms with E-state index >= 15 is 0 Å². The predicted molar refractivity (Wildman–Crippen MR) is 99.5 cm³/mol. The summed E-state index contributed by atoms with van der Waals surface area (Å²) in [6, 6.07) is 7.38. The number of carbonyl (C=O) groups is 1. The van der Waals surface area contributed by atoms with Crippen molar-refractivity contribution < 1.29 is 32.7 Å². The number of nitro benzene ring substituents is 1. The molecule has 0 saturated carbocycles. The van der Waals surface area contributed by atoms with Gasteiger partial charge in [0.2, 0.25) is 0 Å². The molecule has 0 fully saturated rings. The fourth-order valence-electron chi connectivity index (χ4n) is 2.51. The van der Waals surface area contributed by atoms with Crippen LogP contribution in [-0.2, 0) is 14.8 Å². The highest BCUT2D eigenvalue weighted by atomic mass is 32.2. The molecule has 10 nitrogen and oxygen atoms in total. The molecule has 0 aliphatic rings. The van der Waals surface area contributed by atoms with Gasteiger partial charge in [0.15, 0.2) is 11.5 Å². The van der Waals surface area contributed by atoms with E-state index in [-0.39, 0.29) is 27.8 Å². The van der Waals surface area contributed by atoms with E-state index < -0.39 is 27.5 Å². The Bertz CT molecular complexity index is 1020. The van der Waals surface area contributed by atoms with Crippen molar-refractivity contribution in [2.75, 3.05) is 25.1 Å². The fraction of sp³-hybridized carbons (Fsp3) is 0.235. The van der Waals surface area contributed by atoms with E-state index in [0.717, 1.165) is 6.07 Å². The number of carboxylic acids is 1. The Labute approximate surface area is 161 Å². The molecule has 0 aliphatic carbocycles. The number of carboxylic acid groups (broad SMARTS) is 1. The van der Waals surface area contributed by atoms with Crippen molar-refractivity contribution in [2.45, 2.75) is 11.8 Å². The number of hydrogen-bond donors (Lipinski definition) is 1. The van der Waals surface area contributed by atoms with Gasteiger partial charge in [-0.1, -0.05) is 6.07 Å². The highest BCUT2D eigenvalue weighted by Crippen LogP contribution is 2.34. The minimum atomic E-state index is -4.38. The summed E-state index contributed by atoms with van der Waals surface area (Å²) in [5.41, 5.74) is -0.110. The first-order chi connectivity index (χ1) is 13.1. The number of benzene rings is 2. The maximum Gasteiger partial charge on any atom is 0.324 e. The summed E-state index contributed by atoms with van der Waals surface area (Å²) in [5.74, 6) is -0.998. The predicted octanol–water partition coefficient (Wildman–Crippen LogP) is 2.20. The van der Waals surface area contributed by atoms with E-state index in [1.165, 1.54) is 51.5 Å². The van der Waals surface area contributed by atoms with E-state index in [0.29, 0.717) is 9.87 Å². The zero-order valence-electron chi connectivity index (χ0n) is 15.3. The van der Waals surface area contributed by atoms with Gasteiger partial charge < -0.3 is 14.6 Å². The first-order valence-corrected chi connectivity index (χ1v) is 9.27. The van der Waals surface area contributed by atoms with Gasteiger partial charge >= 0.3 is 5.97 Å². The standard InChI is InChI=1S/C17H18N2O8S/c1-11-4-5-12(19(22)23)8-14(11)18(10-17(20)21)28(24,25)13-6-7-15(26-2)16(9-13)27-3/h4-9H,10H2,1-3H3,(H,20,21). The Morgan fingerprint density at radius 1 is 1.14 bits per heavy atom. The number of ether oxygens (including phenoxy) is 2. The van der Waals surface area contributed by atoms with Crippen LogP contribution in [0.25, 0.3) is 0 Å². The van der Waals surface area contributed by atoms with Gasteiger partial charge in [0.25, 0.3) is 15.7 Å². The summed E-state index contributed by atoms with van der Waals surface area (Å²) >= 11 is 0. The third-order valence-corrected chi connectivity index (χ3v) is 5.65. The van der Waals surface area contributed by atoms with Crippen LogP contribution < -0.4 is 13.8 Å². The molecular weight excluding hydrogens is 392 g/mol. The number of rotatable bonds is 8. The number of non-ortho nitro benzene ring substituents is 1. The van der Waals surface area contributed by atoms with Gasteiger partial charge in [-0.2, -0.15) is 0 Å². The lowest BCUT2D eigenvalue weighted by Gasteiger charge is -2.24. The van der Waals surface area contributed by atoms with Crippen molar-refractivity contribution in [3.63, 3.8) is 0 Å². The molecule has 0 unspecified atom stereocenters. The van der Waals surface area contributed by atoms with Gasteiger partial charge in [0.05, 0.1) is 29.7 Å². The average molecular weight is 410 g/mol. The summed E-state index contributed by atoms with van der Waals surface area (Å²) in [6.45, 7) is 0.608. The summed E-state index contributed by atoms with van der Waals surface area (Å²) in [6.07, 6.45) is 0. The largest absolute Gasteiger partial charge is 0.493 e. The molecule has 0 saturated heterocycles. The zero-order valence-corrected chi connectivity index (χ0v) is 16.1. The second-order valence-electron chi connectivity index (χ2n) is 5.65. The molecular formula is C17H18N2O8S. The molecule has 11 heteroatoms. The third kappa shape index (κ3) is 4.14. The number of aliphatic carboxylic acids is 1. The minimum Gasteiger partial charge on any atom is -0.493 e. The number of nitrogens with zero attached hydrogens (tertiary/aromatic N) is 2. The Hall–Kier alpha value is -3.34. The van der Waals surface area contributed by atoms with Crippen LogP contribution in [0.15, 0.2) is 41.3 Å². The van der Waals surface area contributed by atoms with Gasteiger partial charge in [0, 0.05) is 18.2 Å². The molecule has 2 aromatic rings. The normalized spacial score (nSPS) is 11.0. The van der Waals surface area contributed by atoms with Crippen LogP contribution in [0.5, 0.6) is 11.5 Å². The van der Waals surface area contributed by atoms with Crippen molar-refractivity contribution in [1.29, 1.82) is 0 Å². The number of methoxy groups -OCH3 is 2. The van der Waals surface area contributed by atoms with Crippen LogP contribution in [0, 0.1) is 17.0 Å². The van der Waals surface area contributed by atoms with E-state index in [2.05, 4.69) is 0 Å². The Morgan fingerprint density at radius 2 is 1.79 bits per heavy atom. The Morgan fingerprint density at radius 3 is 2.32 bits per heavy atom. The summed E-state index contributed by atoms with van der Waals surface area (Å²) in [7, 11) is -1.67. The lowest BCUT2D eigenvalue weighted by molar-refractivity contribution is -0.384. The van der Waals surface area contributed by atoms with Crippen molar-refractivity contribution in [1.82, 2.24) is 0 Å². The lowest BCUT2D eigenvalue weighted by atomic mass is 10.2. The number of anilines is 1. The topological polar surface area (TPSA) is 136 Å². The van der Waals surface area contributed by atoms with Gasteiger partial charge in [-0.25, -0.2) is 8.42 Å². The van der Waals surface area contributed by atoms with Gasteiger partial charge in [-0.3, -0.25) is 19.2 Å². The fourth-order valence-corrected chi connectivity index (χ4v) is 3.99. The second kappa shape index (κ2) is 8.13. The first kappa shape index (κ1) is 21.0. The maximum atomic E-state index is 13.2. The molecule has 0 radical (unpaired) electrons. The highest BCUT2D eigenvalue weighted by molar-refractivity contribution is 7.92. The van der Waals surface area contributed by atoms with E-state index in [9.17, 15) is 28.4 Å². The molecule has 0 spiro atoms. The SMILES string of the molecule is COc1ccc(S(=O)(=O)N(CC(=O)O)c2cc([N+](=O)[O-])ccc2C)cc1OC. The van der Waals surface area contributed by atoms with Crippen molar-refractivity contribution >= 4 is 27.4 Å². The van der Waals surface area contributed by atoms with Crippen molar-refractivity contribution in [3.8, 4) is 11.5 Å². The first-order valence-electron chi connectivity index (χ1n) is 7.83. The van der Waals surface area contributed by atoms with Crippen LogP contribution in [0.3, 0.4) is 0 Å².